The molecule has 3 aromatic carbocycles. The van der Waals surface area contributed by atoms with Crippen molar-refractivity contribution in [2.24, 2.45) is 0 Å². The molecule has 0 fully saturated rings. The second-order valence-electron chi connectivity index (χ2n) is 8.87. The Hall–Kier alpha value is -4.71. The van der Waals surface area contributed by atoms with E-state index in [1.807, 2.05) is 12.1 Å². The van der Waals surface area contributed by atoms with Gasteiger partial charge in [-0.2, -0.15) is 4.98 Å². The van der Waals surface area contributed by atoms with Gasteiger partial charge in [-0.05, 0) is 72.6 Å². The van der Waals surface area contributed by atoms with Crippen LogP contribution in [-0.4, -0.2) is 45.8 Å². The first-order valence-corrected chi connectivity index (χ1v) is 13.9. The molecule has 0 aliphatic rings. The Kier molecular flexibility index (Phi) is 8.80. The third-order valence-corrected chi connectivity index (χ3v) is 7.87. The number of anilines is 4. The number of sulfone groups is 1. The van der Waals surface area contributed by atoms with E-state index in [-0.39, 0.29) is 15.7 Å². The van der Waals surface area contributed by atoms with Gasteiger partial charge in [-0.3, -0.25) is 0 Å². The number of aromatic nitrogens is 2. The summed E-state index contributed by atoms with van der Waals surface area (Å²) in [4.78, 5) is 8.42. The van der Waals surface area contributed by atoms with Crippen LogP contribution < -0.4 is 36.7 Å². The molecule has 4 rings (SSSR count). The van der Waals surface area contributed by atoms with E-state index in [0.717, 1.165) is 16.8 Å². The lowest BCUT2D eigenvalue weighted by Crippen LogP contribution is -2.09. The van der Waals surface area contributed by atoms with E-state index in [4.69, 9.17) is 31.4 Å². The Morgan fingerprint density at radius 2 is 1.48 bits per heavy atom. The van der Waals surface area contributed by atoms with Crippen LogP contribution in [0.1, 0.15) is 17.5 Å². The second kappa shape index (κ2) is 12.4. The van der Waals surface area contributed by atoms with Gasteiger partial charge in [0.05, 0.1) is 30.6 Å². The van der Waals surface area contributed by atoms with Gasteiger partial charge in [0.2, 0.25) is 21.5 Å². The third kappa shape index (κ3) is 6.64. The van der Waals surface area contributed by atoms with Crippen LogP contribution in [0.2, 0.25) is 0 Å². The van der Waals surface area contributed by atoms with E-state index in [2.05, 4.69) is 15.3 Å². The van der Waals surface area contributed by atoms with Crippen LogP contribution in [0.15, 0.2) is 76.7 Å². The molecule has 12 heteroatoms. The van der Waals surface area contributed by atoms with Crippen LogP contribution in [-0.2, 0) is 16.3 Å². The zero-order chi connectivity index (χ0) is 28.7. The maximum atomic E-state index is 12.8. The van der Waals surface area contributed by atoms with Crippen LogP contribution in [0.25, 0.3) is 0 Å². The predicted molar refractivity (Wildman–Crippen MR) is 155 cm³/mol. The Balaban J connectivity index is 1.33. The quantitative estimate of drug-likeness (QED) is 0.146. The number of nitrogen functional groups attached to an aromatic ring is 3. The number of ether oxygens (including phenoxy) is 3. The van der Waals surface area contributed by atoms with Crippen molar-refractivity contribution < 1.29 is 22.6 Å². The van der Waals surface area contributed by atoms with E-state index >= 15 is 0 Å². The molecule has 0 bridgehead atoms. The maximum Gasteiger partial charge on any atom is 0.221 e. The van der Waals surface area contributed by atoms with Crippen molar-refractivity contribution in [2.45, 2.75) is 22.6 Å². The van der Waals surface area contributed by atoms with Crippen LogP contribution in [0.3, 0.4) is 0 Å². The zero-order valence-electron chi connectivity index (χ0n) is 22.3. The van der Waals surface area contributed by atoms with Gasteiger partial charge in [0, 0.05) is 36.1 Å². The third-order valence-electron chi connectivity index (χ3n) is 6.08. The van der Waals surface area contributed by atoms with E-state index in [9.17, 15) is 8.42 Å². The fourth-order valence-electron chi connectivity index (χ4n) is 3.98. The summed E-state index contributed by atoms with van der Waals surface area (Å²) < 4.78 is 42.8. The van der Waals surface area contributed by atoms with Gasteiger partial charge < -0.3 is 36.7 Å². The molecule has 1 aromatic heterocycles. The van der Waals surface area contributed by atoms with Crippen molar-refractivity contribution in [3.63, 3.8) is 0 Å². The fraction of sp³-hybridized carbons (Fsp3) is 0.214. The highest BCUT2D eigenvalue weighted by Crippen LogP contribution is 2.39. The lowest BCUT2D eigenvalue weighted by molar-refractivity contribution is 0.273. The van der Waals surface area contributed by atoms with E-state index in [0.29, 0.717) is 54.7 Å². The first kappa shape index (κ1) is 28.3. The van der Waals surface area contributed by atoms with Crippen LogP contribution in [0.4, 0.5) is 23.1 Å². The molecule has 0 saturated carbocycles. The minimum absolute atomic E-state index is 0.119. The average Bonchev–Trinajstić information content (AvgIpc) is 2.95. The SMILES string of the molecule is COc1cc(Cc2cnc(N)nc2N)cc(OC)c1OCCCNc1ccc(S(=O)(=O)c2ccc(N)cc2)cc1. The molecule has 7 N–H and O–H groups in total. The summed E-state index contributed by atoms with van der Waals surface area (Å²) >= 11 is 0. The molecule has 1 heterocycles. The number of methoxy groups -OCH3 is 2. The highest BCUT2D eigenvalue weighted by molar-refractivity contribution is 7.91. The molecule has 0 unspecified atom stereocenters. The van der Waals surface area contributed by atoms with Gasteiger partial charge >= 0.3 is 0 Å². The Morgan fingerprint density at radius 1 is 0.875 bits per heavy atom. The van der Waals surface area contributed by atoms with E-state index in [1.165, 1.54) is 12.1 Å². The van der Waals surface area contributed by atoms with Gasteiger partial charge in [-0.25, -0.2) is 13.4 Å². The van der Waals surface area contributed by atoms with Crippen molar-refractivity contribution in [3.8, 4) is 17.2 Å². The molecular weight excluding hydrogens is 532 g/mol. The molecule has 11 nitrogen and oxygen atoms in total. The summed E-state index contributed by atoms with van der Waals surface area (Å²) in [6.45, 7) is 0.991. The number of rotatable bonds is 12. The van der Waals surface area contributed by atoms with Crippen molar-refractivity contribution in [2.75, 3.05) is 49.9 Å². The maximum absolute atomic E-state index is 12.8. The lowest BCUT2D eigenvalue weighted by atomic mass is 10.1. The first-order chi connectivity index (χ1) is 19.2. The minimum atomic E-state index is -3.61. The Morgan fingerprint density at radius 3 is 2.05 bits per heavy atom. The summed E-state index contributed by atoms with van der Waals surface area (Å²) in [5.74, 6) is 1.98. The van der Waals surface area contributed by atoms with Crippen LogP contribution in [0, 0.1) is 0 Å². The Bertz CT molecular complexity index is 1540. The van der Waals surface area contributed by atoms with Gasteiger partial charge in [0.15, 0.2) is 11.5 Å². The van der Waals surface area contributed by atoms with Gasteiger partial charge in [-0.1, -0.05) is 0 Å². The molecule has 0 aliphatic heterocycles. The molecule has 0 amide bonds. The van der Waals surface area contributed by atoms with Gasteiger partial charge in [0.25, 0.3) is 0 Å². The summed E-state index contributed by atoms with van der Waals surface area (Å²) in [6, 6.07) is 16.5. The largest absolute Gasteiger partial charge is 0.493 e. The number of hydrogen-bond donors (Lipinski definition) is 4. The topological polar surface area (TPSA) is 178 Å². The normalized spacial score (nSPS) is 11.2. The fourth-order valence-corrected chi connectivity index (χ4v) is 5.24. The molecule has 210 valence electrons. The van der Waals surface area contributed by atoms with Crippen LogP contribution in [0.5, 0.6) is 17.2 Å². The first-order valence-electron chi connectivity index (χ1n) is 12.4. The monoisotopic (exact) mass is 564 g/mol. The van der Waals surface area contributed by atoms with E-state index < -0.39 is 9.84 Å². The standard InChI is InChI=1S/C28H32N6O5S/c1-37-24-15-18(14-19-17-33-28(31)34-27(19)30)16-25(38-2)26(24)39-13-3-12-32-21-6-10-23(11-7-21)40(35,36)22-8-4-20(29)5-9-22/h4-11,15-17,32H,3,12-14,29H2,1-2H3,(H4,30,31,33,34). The van der Waals surface area contributed by atoms with Crippen molar-refractivity contribution >= 4 is 33.0 Å². The summed E-state index contributed by atoms with van der Waals surface area (Å²) in [5, 5.41) is 3.27. The highest BCUT2D eigenvalue weighted by atomic mass is 32.2. The number of hydrogen-bond acceptors (Lipinski definition) is 11. The molecule has 0 radical (unpaired) electrons. The van der Waals surface area contributed by atoms with E-state index in [1.54, 1.807) is 56.8 Å². The molecule has 0 spiro atoms. The number of benzene rings is 3. The van der Waals surface area contributed by atoms with Gasteiger partial charge in [-0.15, -0.1) is 0 Å². The van der Waals surface area contributed by atoms with Crippen molar-refractivity contribution in [1.82, 2.24) is 9.97 Å². The summed E-state index contributed by atoms with van der Waals surface area (Å²) in [5.41, 5.74) is 20.1. The predicted octanol–water partition coefficient (Wildman–Crippen LogP) is 3.55. The average molecular weight is 565 g/mol. The van der Waals surface area contributed by atoms with Crippen LogP contribution >= 0.6 is 0 Å². The van der Waals surface area contributed by atoms with Crippen molar-refractivity contribution in [3.05, 3.63) is 78.0 Å². The minimum Gasteiger partial charge on any atom is -0.493 e. The number of nitrogens with one attached hydrogen (secondary N) is 1. The molecule has 4 aromatic rings. The summed E-state index contributed by atoms with van der Waals surface area (Å²) in [7, 11) is -0.494. The Labute approximate surface area is 233 Å². The number of nitrogens with two attached hydrogens (primary N) is 3. The molecule has 40 heavy (non-hydrogen) atoms. The molecule has 0 atom stereocenters. The number of nitrogens with zero attached hydrogens (tertiary/aromatic N) is 2. The highest BCUT2D eigenvalue weighted by Gasteiger charge is 2.18. The summed E-state index contributed by atoms with van der Waals surface area (Å²) in [6.07, 6.45) is 2.72. The smallest absolute Gasteiger partial charge is 0.221 e. The van der Waals surface area contributed by atoms with Gasteiger partial charge in [0.1, 0.15) is 5.82 Å². The molecule has 0 aliphatic carbocycles. The van der Waals surface area contributed by atoms with Crippen molar-refractivity contribution in [1.29, 1.82) is 0 Å². The molecular formula is C28H32N6O5S. The zero-order valence-corrected chi connectivity index (χ0v) is 23.1. The second-order valence-corrected chi connectivity index (χ2v) is 10.8. The lowest BCUT2D eigenvalue weighted by Gasteiger charge is -2.17. The molecule has 0 saturated heterocycles.